The van der Waals surface area contributed by atoms with E-state index in [0.29, 0.717) is 28.2 Å². The predicted molar refractivity (Wildman–Crippen MR) is 120 cm³/mol. The van der Waals surface area contributed by atoms with Crippen LogP contribution in [0.3, 0.4) is 0 Å². The van der Waals surface area contributed by atoms with Crippen molar-refractivity contribution in [3.63, 3.8) is 0 Å². The summed E-state index contributed by atoms with van der Waals surface area (Å²) in [7, 11) is 0. The zero-order valence-corrected chi connectivity index (χ0v) is 17.2. The first-order chi connectivity index (χ1) is 15.2. The van der Waals surface area contributed by atoms with Crippen LogP contribution in [-0.2, 0) is 0 Å². The zero-order valence-electron chi connectivity index (χ0n) is 16.3. The van der Waals surface area contributed by atoms with Gasteiger partial charge in [-0.15, -0.1) is 11.3 Å². The van der Waals surface area contributed by atoms with Crippen molar-refractivity contribution in [3.8, 4) is 33.2 Å². The third kappa shape index (κ3) is 2.91. The van der Waals surface area contributed by atoms with Crippen LogP contribution in [-0.4, -0.2) is 30.1 Å². The minimum Gasteiger partial charge on any atom is -0.336 e. The Morgan fingerprint density at radius 1 is 1.00 bits per heavy atom. The summed E-state index contributed by atoms with van der Waals surface area (Å²) in [6, 6.07) is 12.9. The Hall–Kier alpha value is -3.91. The van der Waals surface area contributed by atoms with Crippen LogP contribution in [0.2, 0.25) is 0 Å². The van der Waals surface area contributed by atoms with Crippen LogP contribution in [0.25, 0.3) is 55.2 Å². The lowest BCUT2D eigenvalue weighted by molar-refractivity contribution is 0.632. The van der Waals surface area contributed by atoms with Crippen LogP contribution in [0, 0.1) is 12.7 Å². The molecule has 0 spiro atoms. The number of hydrogen-bond acceptors (Lipinski definition) is 5. The minimum atomic E-state index is -0.333. The molecule has 6 nitrogen and oxygen atoms in total. The largest absolute Gasteiger partial charge is 0.336 e. The molecule has 0 saturated heterocycles. The molecule has 0 fully saturated rings. The number of fused-ring (bicyclic) bond motifs is 2. The van der Waals surface area contributed by atoms with E-state index in [0.717, 1.165) is 27.0 Å². The van der Waals surface area contributed by atoms with Crippen molar-refractivity contribution in [2.24, 2.45) is 0 Å². The van der Waals surface area contributed by atoms with Crippen molar-refractivity contribution in [2.45, 2.75) is 6.92 Å². The Bertz CT molecular complexity index is 1560. The summed E-state index contributed by atoms with van der Waals surface area (Å²) in [5.74, 6) is 0.271. The van der Waals surface area contributed by atoms with Gasteiger partial charge in [0.15, 0.2) is 5.82 Å². The average Bonchev–Trinajstić information content (AvgIpc) is 3.50. The van der Waals surface area contributed by atoms with E-state index < -0.39 is 0 Å². The molecule has 0 aliphatic carbocycles. The van der Waals surface area contributed by atoms with Gasteiger partial charge < -0.3 is 4.98 Å². The van der Waals surface area contributed by atoms with Crippen molar-refractivity contribution in [1.29, 1.82) is 0 Å². The van der Waals surface area contributed by atoms with E-state index in [1.165, 1.54) is 10.9 Å². The van der Waals surface area contributed by atoms with Gasteiger partial charge in [0.25, 0.3) is 0 Å². The van der Waals surface area contributed by atoms with Gasteiger partial charge in [0.05, 0.1) is 15.9 Å². The van der Waals surface area contributed by atoms with E-state index in [1.807, 2.05) is 12.1 Å². The maximum atomic E-state index is 14.7. The second kappa shape index (κ2) is 6.82. The van der Waals surface area contributed by atoms with Gasteiger partial charge in [-0.05, 0) is 37.3 Å². The third-order valence-corrected chi connectivity index (χ3v) is 6.23. The second-order valence-corrected chi connectivity index (χ2v) is 8.53. The van der Waals surface area contributed by atoms with Gasteiger partial charge in [-0.1, -0.05) is 6.07 Å². The van der Waals surface area contributed by atoms with E-state index in [4.69, 9.17) is 4.98 Å². The number of rotatable bonds is 3. The number of benzene rings is 1. The molecule has 0 amide bonds. The number of nitrogens with one attached hydrogen (secondary N) is 2. The number of hydrogen-bond donors (Lipinski definition) is 2. The molecular weight excluding hydrogens is 411 g/mol. The fraction of sp³-hybridized carbons (Fsp3) is 0.0435. The van der Waals surface area contributed by atoms with Gasteiger partial charge in [0, 0.05) is 46.0 Å². The molecule has 8 heteroatoms. The number of halogens is 1. The Balaban J connectivity index is 1.54. The van der Waals surface area contributed by atoms with Crippen molar-refractivity contribution in [1.82, 2.24) is 30.1 Å². The molecule has 1 aromatic carbocycles. The first kappa shape index (κ1) is 17.9. The van der Waals surface area contributed by atoms with Gasteiger partial charge in [-0.25, -0.2) is 9.37 Å². The normalized spacial score (nSPS) is 11.5. The molecular formula is C23H15FN6S. The fourth-order valence-electron chi connectivity index (χ4n) is 3.75. The smallest absolute Gasteiger partial charge is 0.159 e. The maximum absolute atomic E-state index is 14.7. The molecule has 0 aliphatic rings. The highest BCUT2D eigenvalue weighted by Gasteiger charge is 2.18. The first-order valence-corrected chi connectivity index (χ1v) is 10.5. The molecule has 0 atom stereocenters. The summed E-state index contributed by atoms with van der Waals surface area (Å²) in [4.78, 5) is 19.1. The maximum Gasteiger partial charge on any atom is 0.159 e. The van der Waals surface area contributed by atoms with Crippen LogP contribution in [0.15, 0.2) is 61.1 Å². The highest BCUT2D eigenvalue weighted by atomic mass is 32.1. The summed E-state index contributed by atoms with van der Waals surface area (Å²) >= 11 is 1.68. The number of aromatic nitrogens is 6. The lowest BCUT2D eigenvalue weighted by Crippen LogP contribution is -1.87. The molecule has 5 heterocycles. The molecule has 0 saturated carbocycles. The number of aromatic amines is 2. The molecule has 0 radical (unpaired) electrons. The highest BCUT2D eigenvalue weighted by Crippen LogP contribution is 2.35. The minimum absolute atomic E-state index is 0.333. The van der Waals surface area contributed by atoms with Crippen LogP contribution in [0.5, 0.6) is 0 Å². The SMILES string of the molecule is Cc1ccc(-c2nccc3[nH]c(-c4n[nH]c5cc(F)c(-c6cccnc6)cc45)nc23)s1. The summed E-state index contributed by atoms with van der Waals surface area (Å²) in [6.07, 6.45) is 5.08. The van der Waals surface area contributed by atoms with Gasteiger partial charge >= 0.3 is 0 Å². The average molecular weight is 426 g/mol. The van der Waals surface area contributed by atoms with E-state index in [-0.39, 0.29) is 5.82 Å². The fourth-order valence-corrected chi connectivity index (χ4v) is 4.62. The van der Waals surface area contributed by atoms with Crippen LogP contribution in [0.1, 0.15) is 4.88 Å². The molecule has 2 N–H and O–H groups in total. The molecule has 5 aromatic heterocycles. The predicted octanol–water partition coefficient (Wildman–Crippen LogP) is 5.74. The summed E-state index contributed by atoms with van der Waals surface area (Å²) in [5, 5.41) is 8.12. The van der Waals surface area contributed by atoms with Crippen LogP contribution in [0.4, 0.5) is 4.39 Å². The van der Waals surface area contributed by atoms with Gasteiger partial charge in [-0.3, -0.25) is 15.1 Å². The molecule has 31 heavy (non-hydrogen) atoms. The van der Waals surface area contributed by atoms with E-state index in [9.17, 15) is 4.39 Å². The zero-order chi connectivity index (χ0) is 20.9. The van der Waals surface area contributed by atoms with Gasteiger partial charge in [0.1, 0.15) is 22.7 Å². The Morgan fingerprint density at radius 2 is 1.94 bits per heavy atom. The second-order valence-electron chi connectivity index (χ2n) is 7.24. The number of thiophene rings is 1. The van der Waals surface area contributed by atoms with Crippen molar-refractivity contribution >= 4 is 33.3 Å². The monoisotopic (exact) mass is 426 g/mol. The van der Waals surface area contributed by atoms with E-state index >= 15 is 0 Å². The van der Waals surface area contributed by atoms with Crippen molar-refractivity contribution in [3.05, 3.63) is 71.7 Å². The van der Waals surface area contributed by atoms with Crippen molar-refractivity contribution < 1.29 is 4.39 Å². The standard InChI is InChI=1S/C23H15FN6S/c1-12-4-5-19(31-12)22-21-17(6-8-26-22)27-23(28-21)20-15-9-14(13-3-2-7-25-11-13)16(24)10-18(15)29-30-20/h2-11H,1H3,(H,27,28)(H,29,30). The molecule has 0 bridgehead atoms. The van der Waals surface area contributed by atoms with E-state index in [2.05, 4.69) is 44.2 Å². The number of pyridine rings is 2. The Morgan fingerprint density at radius 3 is 2.74 bits per heavy atom. The van der Waals surface area contributed by atoms with Gasteiger partial charge in [-0.2, -0.15) is 5.10 Å². The summed E-state index contributed by atoms with van der Waals surface area (Å²) in [5.41, 5.74) is 4.90. The van der Waals surface area contributed by atoms with Crippen LogP contribution < -0.4 is 0 Å². The van der Waals surface area contributed by atoms with Crippen molar-refractivity contribution in [2.75, 3.05) is 0 Å². The number of nitrogens with zero attached hydrogens (tertiary/aromatic N) is 4. The molecule has 0 aliphatic heterocycles. The summed E-state index contributed by atoms with van der Waals surface area (Å²) < 4.78 is 14.7. The highest BCUT2D eigenvalue weighted by molar-refractivity contribution is 7.15. The molecule has 0 unspecified atom stereocenters. The van der Waals surface area contributed by atoms with Crippen LogP contribution >= 0.6 is 11.3 Å². The Labute approximate surface area is 179 Å². The number of imidazole rings is 1. The quantitative estimate of drug-likeness (QED) is 0.378. The van der Waals surface area contributed by atoms with Gasteiger partial charge in [0.2, 0.25) is 0 Å². The molecule has 6 rings (SSSR count). The summed E-state index contributed by atoms with van der Waals surface area (Å²) in [6.45, 7) is 2.07. The topological polar surface area (TPSA) is 83.1 Å². The lowest BCUT2D eigenvalue weighted by atomic mass is 10.0. The first-order valence-electron chi connectivity index (χ1n) is 9.67. The lowest BCUT2D eigenvalue weighted by Gasteiger charge is -2.03. The van der Waals surface area contributed by atoms with E-state index in [1.54, 1.807) is 42.1 Å². The number of aryl methyl sites for hydroxylation is 1. The molecule has 150 valence electrons. The number of H-pyrrole nitrogens is 2. The Kier molecular flexibility index (Phi) is 3.94. The third-order valence-electron chi connectivity index (χ3n) is 5.22. The molecule has 6 aromatic rings.